The second-order valence-electron chi connectivity index (χ2n) is 4.88. The fourth-order valence-electron chi connectivity index (χ4n) is 2.08. The average molecular weight is 388 g/mol. The molecule has 0 aliphatic rings. The molecule has 1 heterocycles. The van der Waals surface area contributed by atoms with Gasteiger partial charge in [0, 0.05) is 12.5 Å². The minimum absolute atomic E-state index is 0.0584. The predicted octanol–water partition coefficient (Wildman–Crippen LogP) is 1.88. The van der Waals surface area contributed by atoms with E-state index in [0.29, 0.717) is 6.41 Å². The van der Waals surface area contributed by atoms with Crippen molar-refractivity contribution >= 4 is 41.5 Å². The van der Waals surface area contributed by atoms with Crippen LogP contribution in [-0.4, -0.2) is 47.5 Å². The number of nitro groups is 1. The number of hydrogen-bond acceptors (Lipinski definition) is 8. The maximum Gasteiger partial charge on any atom is 0.329 e. The van der Waals surface area contributed by atoms with E-state index in [2.05, 4.69) is 4.98 Å². The Morgan fingerprint density at radius 2 is 2.04 bits per heavy atom. The van der Waals surface area contributed by atoms with E-state index in [1.165, 1.54) is 0 Å². The molecule has 10 nitrogen and oxygen atoms in total. The summed E-state index contributed by atoms with van der Waals surface area (Å²) in [6.07, 6.45) is 0.968. The number of aromatic nitrogens is 1. The first-order valence-corrected chi connectivity index (χ1v) is 8.09. The second kappa shape index (κ2) is 10.3. The lowest BCUT2D eigenvalue weighted by Gasteiger charge is -2.26. The van der Waals surface area contributed by atoms with E-state index in [4.69, 9.17) is 21.1 Å². The minimum Gasteiger partial charge on any atom is -0.466 e. The molecule has 0 spiro atoms. The first kappa shape index (κ1) is 21.3. The summed E-state index contributed by atoms with van der Waals surface area (Å²) in [5, 5.41) is 10.6. The van der Waals surface area contributed by atoms with Crippen LogP contribution in [0.1, 0.15) is 26.7 Å². The fraction of sp³-hybridized carbons (Fsp3) is 0.467. The Kier molecular flexibility index (Phi) is 8.43. The monoisotopic (exact) mass is 387 g/mol. The highest BCUT2D eigenvalue weighted by Gasteiger charge is 2.31. The first-order chi connectivity index (χ1) is 12.3. The van der Waals surface area contributed by atoms with Crippen LogP contribution in [0.5, 0.6) is 0 Å². The Morgan fingerprint density at radius 1 is 1.38 bits per heavy atom. The molecule has 1 rings (SSSR count). The average Bonchev–Trinajstić information content (AvgIpc) is 2.59. The maximum atomic E-state index is 12.2. The molecule has 0 unspecified atom stereocenters. The molecule has 0 bridgehead atoms. The van der Waals surface area contributed by atoms with Gasteiger partial charge < -0.3 is 9.47 Å². The maximum absolute atomic E-state index is 12.2. The Hall–Kier alpha value is -2.75. The van der Waals surface area contributed by atoms with E-state index in [0.717, 1.165) is 17.2 Å². The summed E-state index contributed by atoms with van der Waals surface area (Å²) in [6.45, 7) is 3.46. The van der Waals surface area contributed by atoms with Crippen LogP contribution in [0.2, 0.25) is 5.02 Å². The zero-order valence-corrected chi connectivity index (χ0v) is 15.0. The van der Waals surface area contributed by atoms with Gasteiger partial charge >= 0.3 is 11.9 Å². The van der Waals surface area contributed by atoms with E-state index in [1.54, 1.807) is 13.8 Å². The van der Waals surface area contributed by atoms with E-state index in [1.807, 2.05) is 0 Å². The first-order valence-electron chi connectivity index (χ1n) is 7.71. The lowest BCUT2D eigenvalue weighted by molar-refractivity contribution is -0.385. The van der Waals surface area contributed by atoms with E-state index >= 15 is 0 Å². The third-order valence-electron chi connectivity index (χ3n) is 3.20. The molecule has 0 aromatic carbocycles. The highest BCUT2D eigenvalue weighted by atomic mass is 35.5. The second-order valence-corrected chi connectivity index (χ2v) is 5.29. The summed E-state index contributed by atoms with van der Waals surface area (Å²) in [5.41, 5.74) is -0.371. The number of carbonyl (C=O) groups excluding carboxylic acids is 3. The third kappa shape index (κ3) is 5.66. The number of rotatable bonds is 10. The number of amides is 1. The number of nitrogens with zero attached hydrogens (tertiary/aromatic N) is 3. The van der Waals surface area contributed by atoms with Crippen LogP contribution in [0.15, 0.2) is 12.3 Å². The van der Waals surface area contributed by atoms with Crippen molar-refractivity contribution in [2.75, 3.05) is 18.1 Å². The van der Waals surface area contributed by atoms with Crippen molar-refractivity contribution in [1.82, 2.24) is 4.98 Å². The molecular weight excluding hydrogens is 370 g/mol. The molecule has 0 aliphatic heterocycles. The Labute approximate surface area is 154 Å². The standard InChI is InChI=1S/C15H18ClN3O7/c1-3-25-13(21)6-5-12(15(22)26-4-2)18(9-20)14-11(16)7-10(8-17-14)19(23)24/h7-9,12H,3-6H2,1-2H3/t12-/m0/s1. The van der Waals surface area contributed by atoms with Crippen molar-refractivity contribution in [2.45, 2.75) is 32.7 Å². The topological polar surface area (TPSA) is 129 Å². The number of halogens is 1. The zero-order valence-electron chi connectivity index (χ0n) is 14.2. The van der Waals surface area contributed by atoms with Gasteiger partial charge in [-0.15, -0.1) is 0 Å². The lowest BCUT2D eigenvalue weighted by atomic mass is 10.1. The van der Waals surface area contributed by atoms with Crippen molar-refractivity contribution in [3.05, 3.63) is 27.4 Å². The van der Waals surface area contributed by atoms with Gasteiger partial charge in [-0.05, 0) is 20.3 Å². The van der Waals surface area contributed by atoms with Crippen LogP contribution in [0.4, 0.5) is 11.5 Å². The largest absolute Gasteiger partial charge is 0.466 e. The summed E-state index contributed by atoms with van der Waals surface area (Å²) in [6, 6.07) is -0.183. The van der Waals surface area contributed by atoms with Crippen molar-refractivity contribution in [2.24, 2.45) is 0 Å². The molecular formula is C15H18ClN3O7. The van der Waals surface area contributed by atoms with Gasteiger partial charge in [0.1, 0.15) is 12.2 Å². The molecule has 0 radical (unpaired) electrons. The number of esters is 2. The predicted molar refractivity (Wildman–Crippen MR) is 90.7 cm³/mol. The normalized spacial score (nSPS) is 11.3. The number of carbonyl (C=O) groups is 3. The molecule has 0 N–H and O–H groups in total. The number of anilines is 1. The van der Waals surface area contributed by atoms with Gasteiger partial charge in [-0.3, -0.25) is 24.6 Å². The molecule has 1 aromatic heterocycles. The van der Waals surface area contributed by atoms with Crippen LogP contribution in [0.25, 0.3) is 0 Å². The molecule has 0 saturated heterocycles. The number of hydrogen-bond donors (Lipinski definition) is 0. The smallest absolute Gasteiger partial charge is 0.329 e. The van der Waals surface area contributed by atoms with Gasteiger partial charge in [-0.1, -0.05) is 11.6 Å². The molecule has 0 fully saturated rings. The zero-order chi connectivity index (χ0) is 19.7. The van der Waals surface area contributed by atoms with E-state index in [-0.39, 0.29) is 42.6 Å². The fourth-order valence-corrected chi connectivity index (χ4v) is 2.34. The molecule has 26 heavy (non-hydrogen) atoms. The number of ether oxygens (including phenoxy) is 2. The molecule has 0 aliphatic carbocycles. The quantitative estimate of drug-likeness (QED) is 0.257. The summed E-state index contributed by atoms with van der Waals surface area (Å²) in [4.78, 5) is 50.1. The Bertz CT molecular complexity index is 683. The summed E-state index contributed by atoms with van der Waals surface area (Å²) in [5.74, 6) is -1.47. The van der Waals surface area contributed by atoms with Crippen LogP contribution < -0.4 is 4.90 Å². The van der Waals surface area contributed by atoms with Crippen molar-refractivity contribution in [3.63, 3.8) is 0 Å². The molecule has 1 aromatic rings. The lowest BCUT2D eigenvalue weighted by Crippen LogP contribution is -2.42. The third-order valence-corrected chi connectivity index (χ3v) is 3.48. The SMILES string of the molecule is CCOC(=O)CC[C@@H](C(=O)OCC)N(C=O)c1ncc([N+](=O)[O-])cc1Cl. The highest BCUT2D eigenvalue weighted by Crippen LogP contribution is 2.28. The number of pyridine rings is 1. The van der Waals surface area contributed by atoms with Crippen LogP contribution in [-0.2, 0) is 23.9 Å². The molecule has 11 heteroatoms. The summed E-state index contributed by atoms with van der Waals surface area (Å²) in [7, 11) is 0. The van der Waals surface area contributed by atoms with Crippen molar-refractivity contribution in [3.8, 4) is 0 Å². The van der Waals surface area contributed by atoms with Gasteiger partial charge in [0.2, 0.25) is 6.41 Å². The van der Waals surface area contributed by atoms with Crippen molar-refractivity contribution < 1.29 is 28.8 Å². The Balaban J connectivity index is 3.14. The van der Waals surface area contributed by atoms with Crippen molar-refractivity contribution in [1.29, 1.82) is 0 Å². The van der Waals surface area contributed by atoms with Gasteiger partial charge in [0.15, 0.2) is 5.82 Å². The highest BCUT2D eigenvalue weighted by molar-refractivity contribution is 6.33. The van der Waals surface area contributed by atoms with E-state index in [9.17, 15) is 24.5 Å². The van der Waals surface area contributed by atoms with Gasteiger partial charge in [-0.25, -0.2) is 9.78 Å². The minimum atomic E-state index is -1.19. The van der Waals surface area contributed by atoms with Crippen LogP contribution in [0.3, 0.4) is 0 Å². The van der Waals surface area contributed by atoms with E-state index < -0.39 is 22.9 Å². The van der Waals surface area contributed by atoms with Gasteiger partial charge in [0.05, 0.1) is 23.2 Å². The van der Waals surface area contributed by atoms with Crippen LogP contribution in [0, 0.1) is 10.1 Å². The van der Waals surface area contributed by atoms with Gasteiger partial charge in [0.25, 0.3) is 5.69 Å². The Morgan fingerprint density at radius 3 is 2.54 bits per heavy atom. The summed E-state index contributed by atoms with van der Waals surface area (Å²) < 4.78 is 9.73. The molecule has 0 saturated carbocycles. The molecule has 142 valence electrons. The van der Waals surface area contributed by atoms with Crippen LogP contribution >= 0.6 is 11.6 Å². The molecule has 1 amide bonds. The van der Waals surface area contributed by atoms with Gasteiger partial charge in [-0.2, -0.15) is 0 Å². The summed E-state index contributed by atoms with van der Waals surface area (Å²) >= 11 is 5.97. The molecule has 1 atom stereocenters.